The molecule has 0 amide bonds. The van der Waals surface area contributed by atoms with Gasteiger partial charge in [-0.25, -0.2) is 0 Å². The summed E-state index contributed by atoms with van der Waals surface area (Å²) in [6.45, 7) is 8.58. The number of nitro groups is 1. The van der Waals surface area contributed by atoms with Gasteiger partial charge in [-0.3, -0.25) is 14.8 Å². The Morgan fingerprint density at radius 1 is 1.47 bits per heavy atom. The van der Waals surface area contributed by atoms with Crippen LogP contribution in [0.4, 0.5) is 5.69 Å². The van der Waals surface area contributed by atoms with Gasteiger partial charge in [0.05, 0.1) is 4.92 Å². The Hall–Kier alpha value is -1.43. The molecule has 1 heterocycles. The summed E-state index contributed by atoms with van der Waals surface area (Å²) in [5, 5.41) is 18.9. The summed E-state index contributed by atoms with van der Waals surface area (Å²) in [7, 11) is 1.89. The Bertz CT molecular complexity index is 438. The molecule has 0 saturated heterocycles. The second kappa shape index (κ2) is 6.65. The topological polar surface area (TPSA) is 73.0 Å². The molecule has 108 valence electrons. The van der Waals surface area contributed by atoms with Crippen molar-refractivity contribution in [3.05, 3.63) is 21.5 Å². The Balaban J connectivity index is 3.31. The monoisotopic (exact) mass is 268 g/mol. The maximum absolute atomic E-state index is 11.3. The number of aromatic nitrogens is 2. The minimum absolute atomic E-state index is 0.0585. The zero-order valence-corrected chi connectivity index (χ0v) is 12.4. The van der Waals surface area contributed by atoms with E-state index in [1.165, 1.54) is 0 Å². The maximum atomic E-state index is 11.3. The van der Waals surface area contributed by atoms with E-state index < -0.39 is 0 Å². The van der Waals surface area contributed by atoms with Gasteiger partial charge in [0.1, 0.15) is 11.4 Å². The van der Waals surface area contributed by atoms with E-state index in [0.29, 0.717) is 12.2 Å². The molecule has 0 fully saturated rings. The molecule has 0 aliphatic carbocycles. The lowest BCUT2D eigenvalue weighted by atomic mass is 9.94. The van der Waals surface area contributed by atoms with Crippen molar-refractivity contribution in [2.24, 2.45) is 0 Å². The summed E-state index contributed by atoms with van der Waals surface area (Å²) in [6, 6.07) is 0.213. The van der Waals surface area contributed by atoms with Crippen molar-refractivity contribution in [3.63, 3.8) is 0 Å². The van der Waals surface area contributed by atoms with E-state index in [0.717, 1.165) is 18.5 Å². The summed E-state index contributed by atoms with van der Waals surface area (Å²) in [5.74, 6) is 0.0585. The molecule has 6 nitrogen and oxygen atoms in total. The number of hydrogen-bond donors (Lipinski definition) is 1. The van der Waals surface area contributed by atoms with Crippen molar-refractivity contribution in [1.29, 1.82) is 0 Å². The van der Waals surface area contributed by atoms with E-state index in [2.05, 4.69) is 17.3 Å². The van der Waals surface area contributed by atoms with Gasteiger partial charge in [0.2, 0.25) is 0 Å². The first-order chi connectivity index (χ1) is 8.97. The number of nitrogens with zero attached hydrogens (tertiary/aromatic N) is 3. The number of nitrogens with one attached hydrogen (secondary N) is 1. The average molecular weight is 268 g/mol. The van der Waals surface area contributed by atoms with E-state index in [1.807, 2.05) is 20.9 Å². The number of likely N-dealkylation sites (N-methyl/N-ethyl adjacent to an activating group) is 1. The zero-order valence-electron chi connectivity index (χ0n) is 12.4. The summed E-state index contributed by atoms with van der Waals surface area (Å²) in [5.41, 5.74) is 1.42. The van der Waals surface area contributed by atoms with Crippen molar-refractivity contribution >= 4 is 5.69 Å². The molecule has 19 heavy (non-hydrogen) atoms. The van der Waals surface area contributed by atoms with Gasteiger partial charge in [-0.15, -0.1) is 0 Å². The third-order valence-electron chi connectivity index (χ3n) is 3.60. The predicted octanol–water partition coefficient (Wildman–Crippen LogP) is 2.61. The Kier molecular flexibility index (Phi) is 5.47. The normalized spacial score (nSPS) is 14.4. The highest BCUT2D eigenvalue weighted by Gasteiger charge is 2.31. The van der Waals surface area contributed by atoms with Gasteiger partial charge in [-0.2, -0.15) is 5.10 Å². The van der Waals surface area contributed by atoms with Gasteiger partial charge in [0, 0.05) is 18.5 Å². The molecule has 0 radical (unpaired) electrons. The molecule has 0 aromatic carbocycles. The number of hydrogen-bond acceptors (Lipinski definition) is 4. The number of rotatable bonds is 7. The van der Waals surface area contributed by atoms with Crippen LogP contribution in [-0.4, -0.2) is 27.8 Å². The third-order valence-corrected chi connectivity index (χ3v) is 3.60. The lowest BCUT2D eigenvalue weighted by molar-refractivity contribution is -0.386. The van der Waals surface area contributed by atoms with Crippen molar-refractivity contribution in [2.45, 2.75) is 59.0 Å². The Morgan fingerprint density at radius 3 is 2.53 bits per heavy atom. The van der Waals surface area contributed by atoms with Crippen molar-refractivity contribution in [2.75, 3.05) is 7.05 Å². The standard InChI is InChI=1S/C13H24N4O2/c1-6-8-16-12(9(3)11(7-2)14-5)13(17(18)19)10(4)15-16/h9,11,14H,6-8H2,1-5H3. The van der Waals surface area contributed by atoms with Crippen LogP contribution >= 0.6 is 0 Å². The lowest BCUT2D eigenvalue weighted by Crippen LogP contribution is -2.31. The fourth-order valence-electron chi connectivity index (χ4n) is 2.65. The second-order valence-corrected chi connectivity index (χ2v) is 4.89. The van der Waals surface area contributed by atoms with Crippen LogP contribution in [-0.2, 0) is 6.54 Å². The largest absolute Gasteiger partial charge is 0.316 e. The summed E-state index contributed by atoms with van der Waals surface area (Å²) >= 11 is 0. The highest BCUT2D eigenvalue weighted by atomic mass is 16.6. The molecule has 1 N–H and O–H groups in total. The molecule has 0 spiro atoms. The molecule has 0 bridgehead atoms. The summed E-state index contributed by atoms with van der Waals surface area (Å²) < 4.78 is 1.80. The fourth-order valence-corrected chi connectivity index (χ4v) is 2.65. The lowest BCUT2D eigenvalue weighted by Gasteiger charge is -2.22. The molecule has 0 aliphatic heterocycles. The fraction of sp³-hybridized carbons (Fsp3) is 0.769. The molecule has 0 aliphatic rings. The molecule has 2 unspecified atom stereocenters. The highest BCUT2D eigenvalue weighted by molar-refractivity contribution is 5.43. The van der Waals surface area contributed by atoms with Crippen molar-refractivity contribution < 1.29 is 4.92 Å². The van der Waals surface area contributed by atoms with Crippen LogP contribution in [0.1, 0.15) is 50.9 Å². The van der Waals surface area contributed by atoms with Crippen LogP contribution in [0.2, 0.25) is 0 Å². The highest BCUT2D eigenvalue weighted by Crippen LogP contribution is 2.32. The first kappa shape index (κ1) is 15.6. The van der Waals surface area contributed by atoms with Gasteiger partial charge in [-0.1, -0.05) is 20.8 Å². The predicted molar refractivity (Wildman–Crippen MR) is 75.5 cm³/mol. The molecule has 0 saturated carbocycles. The first-order valence-electron chi connectivity index (χ1n) is 6.86. The van der Waals surface area contributed by atoms with Gasteiger partial charge in [0.15, 0.2) is 0 Å². The van der Waals surface area contributed by atoms with Gasteiger partial charge >= 0.3 is 5.69 Å². The number of aryl methyl sites for hydroxylation is 2. The molecular weight excluding hydrogens is 244 g/mol. The van der Waals surface area contributed by atoms with Gasteiger partial charge in [0.25, 0.3) is 0 Å². The average Bonchev–Trinajstić information content (AvgIpc) is 2.67. The van der Waals surface area contributed by atoms with Crippen LogP contribution in [0.15, 0.2) is 0 Å². The van der Waals surface area contributed by atoms with E-state index in [9.17, 15) is 10.1 Å². The van der Waals surface area contributed by atoms with Crippen LogP contribution in [0.25, 0.3) is 0 Å². The molecule has 1 aromatic rings. The SMILES string of the molecule is CCCn1nc(C)c([N+](=O)[O-])c1C(C)C(CC)NC. The maximum Gasteiger partial charge on any atom is 0.313 e. The Labute approximate surface area is 114 Å². The minimum Gasteiger partial charge on any atom is -0.316 e. The molecular formula is C13H24N4O2. The minimum atomic E-state index is -0.303. The summed E-state index contributed by atoms with van der Waals surface area (Å²) in [4.78, 5) is 11.0. The first-order valence-corrected chi connectivity index (χ1v) is 6.86. The zero-order chi connectivity index (χ0) is 14.6. The molecule has 1 aromatic heterocycles. The van der Waals surface area contributed by atoms with Crippen molar-refractivity contribution in [1.82, 2.24) is 15.1 Å². The molecule has 1 rings (SSSR count). The van der Waals surface area contributed by atoms with Crippen molar-refractivity contribution in [3.8, 4) is 0 Å². The van der Waals surface area contributed by atoms with Gasteiger partial charge < -0.3 is 5.32 Å². The van der Waals surface area contributed by atoms with E-state index >= 15 is 0 Å². The van der Waals surface area contributed by atoms with E-state index in [-0.39, 0.29) is 22.6 Å². The van der Waals surface area contributed by atoms with E-state index in [4.69, 9.17) is 0 Å². The summed E-state index contributed by atoms with van der Waals surface area (Å²) in [6.07, 6.45) is 1.83. The Morgan fingerprint density at radius 2 is 2.11 bits per heavy atom. The van der Waals surface area contributed by atoms with Crippen LogP contribution in [0.5, 0.6) is 0 Å². The molecule has 6 heteroatoms. The smallest absolute Gasteiger partial charge is 0.313 e. The quantitative estimate of drug-likeness (QED) is 0.609. The van der Waals surface area contributed by atoms with Crippen LogP contribution < -0.4 is 5.32 Å². The van der Waals surface area contributed by atoms with E-state index in [1.54, 1.807) is 11.6 Å². The van der Waals surface area contributed by atoms with Crippen LogP contribution in [0, 0.1) is 17.0 Å². The van der Waals surface area contributed by atoms with Gasteiger partial charge in [-0.05, 0) is 26.8 Å². The third kappa shape index (κ3) is 3.12. The van der Waals surface area contributed by atoms with Crippen LogP contribution in [0.3, 0.4) is 0 Å². The molecule has 2 atom stereocenters. The second-order valence-electron chi connectivity index (χ2n) is 4.89.